The quantitative estimate of drug-likeness (QED) is 0.342. The molecular weight excluding hydrogens is 240 g/mol. The minimum atomic E-state index is 0.181. The molecule has 1 aromatic carbocycles. The normalized spacial score (nSPS) is 17.4. The third-order valence-corrected chi connectivity index (χ3v) is 3.15. The molecule has 0 aromatic heterocycles. The van der Waals surface area contributed by atoms with E-state index < -0.39 is 0 Å². The van der Waals surface area contributed by atoms with Crippen molar-refractivity contribution in [3.63, 3.8) is 0 Å². The Kier molecular flexibility index (Phi) is 3.58. The van der Waals surface area contributed by atoms with E-state index >= 15 is 0 Å². The first-order chi connectivity index (χ1) is 8.20. The van der Waals surface area contributed by atoms with Crippen molar-refractivity contribution in [2.45, 2.75) is 0 Å². The molecule has 0 radical (unpaired) electrons. The highest BCUT2D eigenvalue weighted by Crippen LogP contribution is 2.19. The van der Waals surface area contributed by atoms with E-state index in [9.17, 15) is 0 Å². The Balaban J connectivity index is 1.97. The first-order valence-electron chi connectivity index (χ1n) is 5.43. The van der Waals surface area contributed by atoms with Crippen LogP contribution in [0.2, 0.25) is 5.02 Å². The number of piperazine rings is 1. The molecule has 0 amide bonds. The molecule has 1 heterocycles. The van der Waals surface area contributed by atoms with Crippen LogP contribution in [0.5, 0.6) is 0 Å². The molecule has 0 atom stereocenters. The second kappa shape index (κ2) is 5.14. The smallest absolute Gasteiger partial charge is 0.233 e. The fourth-order valence-electron chi connectivity index (χ4n) is 1.91. The maximum absolute atomic E-state index is 8.59. The zero-order valence-corrected chi connectivity index (χ0v) is 10.1. The number of benzene rings is 1. The van der Waals surface area contributed by atoms with Crippen LogP contribution < -0.4 is 10.6 Å². The zero-order valence-electron chi connectivity index (χ0n) is 9.38. The molecule has 0 saturated carbocycles. The minimum Gasteiger partial charge on any atom is -0.408 e. The van der Waals surface area contributed by atoms with Crippen LogP contribution in [0.3, 0.4) is 0 Å². The molecular formula is C11H15ClN4O. The Hall–Kier alpha value is -1.62. The zero-order chi connectivity index (χ0) is 12.3. The Morgan fingerprint density at radius 1 is 1.18 bits per heavy atom. The molecule has 1 aliphatic rings. The summed E-state index contributed by atoms with van der Waals surface area (Å²) >= 11 is 5.85. The van der Waals surface area contributed by atoms with Crippen molar-refractivity contribution in [1.82, 2.24) is 4.90 Å². The molecule has 92 valence electrons. The maximum Gasteiger partial charge on any atom is 0.233 e. The van der Waals surface area contributed by atoms with Gasteiger partial charge >= 0.3 is 0 Å². The molecule has 6 heteroatoms. The van der Waals surface area contributed by atoms with E-state index in [0.29, 0.717) is 0 Å². The lowest BCUT2D eigenvalue weighted by molar-refractivity contribution is 0.293. The van der Waals surface area contributed by atoms with Crippen molar-refractivity contribution < 1.29 is 5.21 Å². The predicted molar refractivity (Wildman–Crippen MR) is 68.6 cm³/mol. The summed E-state index contributed by atoms with van der Waals surface area (Å²) in [7, 11) is 0. The van der Waals surface area contributed by atoms with E-state index in [1.54, 1.807) is 0 Å². The van der Waals surface area contributed by atoms with Gasteiger partial charge in [-0.05, 0) is 24.3 Å². The maximum atomic E-state index is 8.59. The number of hydrogen-bond donors (Lipinski definition) is 2. The lowest BCUT2D eigenvalue weighted by Gasteiger charge is -2.36. The number of nitrogens with zero attached hydrogens (tertiary/aromatic N) is 3. The summed E-state index contributed by atoms with van der Waals surface area (Å²) < 4.78 is 0. The first kappa shape index (κ1) is 11.9. The van der Waals surface area contributed by atoms with Gasteiger partial charge in [-0.1, -0.05) is 16.8 Å². The van der Waals surface area contributed by atoms with Crippen molar-refractivity contribution in [1.29, 1.82) is 0 Å². The van der Waals surface area contributed by atoms with E-state index in [4.69, 9.17) is 22.5 Å². The Labute approximate surface area is 105 Å². The monoisotopic (exact) mass is 254 g/mol. The van der Waals surface area contributed by atoms with Gasteiger partial charge in [-0.2, -0.15) is 0 Å². The highest BCUT2D eigenvalue weighted by atomic mass is 35.5. The molecule has 17 heavy (non-hydrogen) atoms. The predicted octanol–water partition coefficient (Wildman–Crippen LogP) is 1.17. The summed E-state index contributed by atoms with van der Waals surface area (Å²) in [4.78, 5) is 4.10. The van der Waals surface area contributed by atoms with Crippen LogP contribution >= 0.6 is 11.6 Å². The molecule has 3 N–H and O–H groups in total. The van der Waals surface area contributed by atoms with Gasteiger partial charge in [0.25, 0.3) is 0 Å². The van der Waals surface area contributed by atoms with Crippen LogP contribution in [0.4, 0.5) is 5.69 Å². The Morgan fingerprint density at radius 2 is 1.76 bits per heavy atom. The van der Waals surface area contributed by atoms with Crippen molar-refractivity contribution in [3.8, 4) is 0 Å². The SMILES string of the molecule is NC(=NO)N1CCN(c2ccc(Cl)cc2)CC1. The van der Waals surface area contributed by atoms with E-state index in [1.165, 1.54) is 0 Å². The molecule has 0 bridgehead atoms. The second-order valence-electron chi connectivity index (χ2n) is 3.91. The van der Waals surface area contributed by atoms with Crippen molar-refractivity contribution >= 4 is 23.2 Å². The Morgan fingerprint density at radius 3 is 2.29 bits per heavy atom. The third kappa shape index (κ3) is 2.74. The number of oxime groups is 1. The fraction of sp³-hybridized carbons (Fsp3) is 0.364. The van der Waals surface area contributed by atoms with Gasteiger partial charge in [0, 0.05) is 36.9 Å². The first-order valence-corrected chi connectivity index (χ1v) is 5.81. The average molecular weight is 255 g/mol. The van der Waals surface area contributed by atoms with Crippen molar-refractivity contribution in [2.24, 2.45) is 10.9 Å². The minimum absolute atomic E-state index is 0.181. The lowest BCUT2D eigenvalue weighted by atomic mass is 10.2. The standard InChI is InChI=1S/C11H15ClN4O/c12-9-1-3-10(4-2-9)15-5-7-16(8-6-15)11(13)14-17/h1-4,17H,5-8H2,(H2,13,14). The summed E-state index contributed by atoms with van der Waals surface area (Å²) in [6, 6.07) is 7.77. The van der Waals surface area contributed by atoms with Gasteiger partial charge in [0.05, 0.1) is 0 Å². The second-order valence-corrected chi connectivity index (χ2v) is 4.35. The van der Waals surface area contributed by atoms with E-state index in [0.717, 1.165) is 36.9 Å². The summed E-state index contributed by atoms with van der Waals surface area (Å²) in [5.74, 6) is 0.181. The molecule has 1 fully saturated rings. The van der Waals surface area contributed by atoms with Gasteiger partial charge in [0.15, 0.2) is 0 Å². The topological polar surface area (TPSA) is 65.1 Å². The number of anilines is 1. The van der Waals surface area contributed by atoms with Crippen molar-refractivity contribution in [2.75, 3.05) is 31.1 Å². The van der Waals surface area contributed by atoms with Gasteiger partial charge in [0.2, 0.25) is 5.96 Å². The van der Waals surface area contributed by atoms with E-state index in [1.807, 2.05) is 29.2 Å². The van der Waals surface area contributed by atoms with Crippen LogP contribution in [-0.4, -0.2) is 42.2 Å². The molecule has 2 rings (SSSR count). The number of nitrogens with two attached hydrogens (primary N) is 1. The number of halogens is 1. The van der Waals surface area contributed by atoms with Gasteiger partial charge in [0.1, 0.15) is 0 Å². The lowest BCUT2D eigenvalue weighted by Crippen LogP contribution is -2.51. The van der Waals surface area contributed by atoms with Crippen LogP contribution in [0.25, 0.3) is 0 Å². The van der Waals surface area contributed by atoms with Gasteiger partial charge in [-0.15, -0.1) is 0 Å². The third-order valence-electron chi connectivity index (χ3n) is 2.90. The number of hydrogen-bond acceptors (Lipinski definition) is 3. The molecule has 1 aliphatic heterocycles. The summed E-state index contributed by atoms with van der Waals surface area (Å²) in [5, 5.41) is 12.3. The summed E-state index contributed by atoms with van der Waals surface area (Å²) in [6.45, 7) is 3.19. The van der Waals surface area contributed by atoms with Gasteiger partial charge in [-0.3, -0.25) is 0 Å². The van der Waals surface area contributed by atoms with Gasteiger partial charge in [-0.25, -0.2) is 0 Å². The highest BCUT2D eigenvalue weighted by Gasteiger charge is 2.18. The molecule has 1 saturated heterocycles. The summed E-state index contributed by atoms with van der Waals surface area (Å²) in [6.07, 6.45) is 0. The molecule has 0 unspecified atom stereocenters. The molecule has 5 nitrogen and oxygen atoms in total. The largest absolute Gasteiger partial charge is 0.408 e. The van der Waals surface area contributed by atoms with Crippen LogP contribution in [0.1, 0.15) is 0 Å². The van der Waals surface area contributed by atoms with E-state index in [-0.39, 0.29) is 5.96 Å². The molecule has 0 spiro atoms. The fourth-order valence-corrected chi connectivity index (χ4v) is 2.03. The average Bonchev–Trinajstić information content (AvgIpc) is 2.39. The molecule has 0 aliphatic carbocycles. The molecule has 1 aromatic rings. The van der Waals surface area contributed by atoms with Crippen LogP contribution in [0, 0.1) is 0 Å². The summed E-state index contributed by atoms with van der Waals surface area (Å²) in [5.41, 5.74) is 6.69. The van der Waals surface area contributed by atoms with E-state index in [2.05, 4.69) is 10.1 Å². The van der Waals surface area contributed by atoms with Crippen molar-refractivity contribution in [3.05, 3.63) is 29.3 Å². The van der Waals surface area contributed by atoms with Crippen LogP contribution in [0.15, 0.2) is 29.4 Å². The highest BCUT2D eigenvalue weighted by molar-refractivity contribution is 6.30. The van der Waals surface area contributed by atoms with Crippen LogP contribution in [-0.2, 0) is 0 Å². The Bertz CT molecular complexity index is 398. The number of guanidine groups is 1. The number of rotatable bonds is 1. The van der Waals surface area contributed by atoms with Gasteiger partial charge < -0.3 is 20.7 Å².